The fourth-order valence-corrected chi connectivity index (χ4v) is 5.02. The van der Waals surface area contributed by atoms with Crippen LogP contribution in [-0.2, 0) is 18.8 Å². The molecule has 0 bridgehead atoms. The van der Waals surface area contributed by atoms with E-state index in [4.69, 9.17) is 9.47 Å². The first-order valence-corrected chi connectivity index (χ1v) is 12.5. The summed E-state index contributed by atoms with van der Waals surface area (Å²) >= 11 is 0. The van der Waals surface area contributed by atoms with Crippen LogP contribution in [0, 0.1) is 0 Å². The second-order valence-electron chi connectivity index (χ2n) is 9.44. The zero-order valence-corrected chi connectivity index (χ0v) is 21.6. The molecule has 0 aliphatic carbocycles. The van der Waals surface area contributed by atoms with Crippen molar-refractivity contribution in [3.63, 3.8) is 0 Å². The van der Waals surface area contributed by atoms with Gasteiger partial charge in [-0.3, -0.25) is 4.90 Å². The fraction of sp³-hybridized carbons (Fsp3) is 0.379. The number of rotatable bonds is 8. The molecule has 1 aliphatic rings. The highest BCUT2D eigenvalue weighted by atomic mass is 19.4. The number of ether oxygens (including phenoxy) is 2. The molecule has 0 spiro atoms. The molecule has 3 aromatic rings. The summed E-state index contributed by atoms with van der Waals surface area (Å²) in [6.07, 6.45) is -9.30. The number of halogens is 6. The Hall–Kier alpha value is -3.40. The second kappa shape index (κ2) is 11.8. The van der Waals surface area contributed by atoms with Gasteiger partial charge < -0.3 is 14.4 Å². The lowest BCUT2D eigenvalue weighted by molar-refractivity contribution is -0.143. The number of anilines is 1. The maximum absolute atomic E-state index is 13.4. The molecule has 10 heteroatoms. The highest BCUT2D eigenvalue weighted by Crippen LogP contribution is 2.38. The minimum absolute atomic E-state index is 0.0136. The maximum Gasteiger partial charge on any atom is 0.416 e. The molecule has 39 heavy (non-hydrogen) atoms. The van der Waals surface area contributed by atoms with E-state index in [0.29, 0.717) is 44.1 Å². The van der Waals surface area contributed by atoms with Crippen molar-refractivity contribution >= 4 is 5.69 Å². The Morgan fingerprint density at radius 2 is 1.36 bits per heavy atom. The Balaban J connectivity index is 1.54. The van der Waals surface area contributed by atoms with Crippen LogP contribution < -0.4 is 14.4 Å². The lowest BCUT2D eigenvalue weighted by atomic mass is 9.95. The van der Waals surface area contributed by atoms with Crippen LogP contribution in [0.4, 0.5) is 32.0 Å². The number of nitrogens with zero attached hydrogens (tertiary/aromatic N) is 2. The number of aryl methyl sites for hydroxylation is 1. The second-order valence-corrected chi connectivity index (χ2v) is 9.44. The minimum Gasteiger partial charge on any atom is -0.497 e. The van der Waals surface area contributed by atoms with E-state index in [2.05, 4.69) is 9.80 Å². The van der Waals surface area contributed by atoms with Gasteiger partial charge in [-0.25, -0.2) is 0 Å². The van der Waals surface area contributed by atoms with Crippen molar-refractivity contribution in [1.82, 2.24) is 4.90 Å². The maximum atomic E-state index is 13.4. The molecule has 0 radical (unpaired) electrons. The molecule has 4 rings (SSSR count). The third-order valence-corrected chi connectivity index (χ3v) is 7.02. The summed E-state index contributed by atoms with van der Waals surface area (Å²) in [5.41, 5.74) is -0.662. The number of hydrogen-bond acceptors (Lipinski definition) is 4. The van der Waals surface area contributed by atoms with Crippen LogP contribution in [0.3, 0.4) is 0 Å². The highest BCUT2D eigenvalue weighted by Gasteiger charge is 2.37. The van der Waals surface area contributed by atoms with Crippen molar-refractivity contribution in [2.24, 2.45) is 0 Å². The molecule has 1 unspecified atom stereocenters. The van der Waals surface area contributed by atoms with Crippen LogP contribution in [0.15, 0.2) is 66.7 Å². The van der Waals surface area contributed by atoms with Gasteiger partial charge in [0.2, 0.25) is 0 Å². The van der Waals surface area contributed by atoms with E-state index in [-0.39, 0.29) is 24.1 Å². The molecule has 0 N–H and O–H groups in total. The zero-order valence-electron chi connectivity index (χ0n) is 21.6. The summed E-state index contributed by atoms with van der Waals surface area (Å²) in [4.78, 5) is 4.43. The highest BCUT2D eigenvalue weighted by molar-refractivity contribution is 5.61. The molecule has 0 aromatic heterocycles. The van der Waals surface area contributed by atoms with Gasteiger partial charge >= 0.3 is 12.4 Å². The fourth-order valence-electron chi connectivity index (χ4n) is 5.02. The van der Waals surface area contributed by atoms with Crippen LogP contribution >= 0.6 is 0 Å². The molecule has 3 aromatic carbocycles. The summed E-state index contributed by atoms with van der Waals surface area (Å²) in [6, 6.07) is 16.8. The van der Waals surface area contributed by atoms with Gasteiger partial charge in [-0.2, -0.15) is 26.3 Å². The lowest BCUT2D eigenvalue weighted by Crippen LogP contribution is -2.47. The van der Waals surface area contributed by atoms with Crippen molar-refractivity contribution < 1.29 is 35.8 Å². The summed E-state index contributed by atoms with van der Waals surface area (Å²) in [5, 5.41) is 0. The predicted octanol–water partition coefficient (Wildman–Crippen LogP) is 7.24. The van der Waals surface area contributed by atoms with Crippen molar-refractivity contribution in [2.45, 2.75) is 31.2 Å². The smallest absolute Gasteiger partial charge is 0.416 e. The van der Waals surface area contributed by atoms with E-state index in [1.807, 2.05) is 48.5 Å². The monoisotopic (exact) mass is 552 g/mol. The predicted molar refractivity (Wildman–Crippen MR) is 137 cm³/mol. The molecule has 1 aliphatic heterocycles. The quantitative estimate of drug-likeness (QED) is 0.275. The molecule has 210 valence electrons. The van der Waals surface area contributed by atoms with Crippen LogP contribution in [0.2, 0.25) is 0 Å². The van der Waals surface area contributed by atoms with E-state index < -0.39 is 23.5 Å². The van der Waals surface area contributed by atoms with Gasteiger partial charge in [0.15, 0.2) is 0 Å². The zero-order chi connectivity index (χ0) is 28.2. The van der Waals surface area contributed by atoms with Crippen LogP contribution in [-0.4, -0.2) is 45.3 Å². The third kappa shape index (κ3) is 6.98. The first-order chi connectivity index (χ1) is 18.5. The van der Waals surface area contributed by atoms with Crippen molar-refractivity contribution in [2.75, 3.05) is 45.3 Å². The molecular formula is C29H30F6N2O2. The summed E-state index contributed by atoms with van der Waals surface area (Å²) in [5.74, 6) is 1.37. The van der Waals surface area contributed by atoms with Gasteiger partial charge in [0.25, 0.3) is 0 Å². The molecule has 0 saturated carbocycles. The summed E-state index contributed by atoms with van der Waals surface area (Å²) < 4.78 is 91.0. The van der Waals surface area contributed by atoms with Crippen molar-refractivity contribution in [3.8, 4) is 11.5 Å². The van der Waals surface area contributed by atoms with Crippen molar-refractivity contribution in [1.29, 1.82) is 0 Å². The Bertz CT molecular complexity index is 1210. The number of piperazine rings is 1. The average molecular weight is 553 g/mol. The first kappa shape index (κ1) is 28.6. The largest absolute Gasteiger partial charge is 0.497 e. The van der Waals surface area contributed by atoms with E-state index in [0.717, 1.165) is 23.4 Å². The number of alkyl halides is 6. The molecule has 4 nitrogen and oxygen atoms in total. The molecule has 1 atom stereocenters. The van der Waals surface area contributed by atoms with Gasteiger partial charge in [0.05, 0.1) is 31.0 Å². The van der Waals surface area contributed by atoms with Gasteiger partial charge in [0.1, 0.15) is 11.5 Å². The lowest BCUT2D eigenvalue weighted by Gasteiger charge is -2.41. The molecule has 1 heterocycles. The minimum atomic E-state index is -4.87. The number of methoxy groups -OCH3 is 2. The molecular weight excluding hydrogens is 522 g/mol. The Labute approximate surface area is 223 Å². The van der Waals surface area contributed by atoms with Gasteiger partial charge in [-0.15, -0.1) is 0 Å². The van der Waals surface area contributed by atoms with Gasteiger partial charge in [0, 0.05) is 38.3 Å². The normalized spacial score (nSPS) is 15.7. The van der Waals surface area contributed by atoms with Crippen LogP contribution in [0.25, 0.3) is 0 Å². The Morgan fingerprint density at radius 1 is 0.744 bits per heavy atom. The SMILES string of the molecule is COc1ccc(N2CCN(C(CCc3cc(C(F)(F)F)cc(C(F)(F)F)c3)c3ccccc3)CC2)c(OC)c1. The Kier molecular flexibility index (Phi) is 8.64. The number of hydrogen-bond donors (Lipinski definition) is 0. The average Bonchev–Trinajstić information content (AvgIpc) is 2.92. The molecule has 1 fully saturated rings. The summed E-state index contributed by atoms with van der Waals surface area (Å²) in [6.45, 7) is 2.66. The van der Waals surface area contributed by atoms with Crippen LogP contribution in [0.5, 0.6) is 11.5 Å². The summed E-state index contributed by atoms with van der Waals surface area (Å²) in [7, 11) is 3.18. The van der Waals surface area contributed by atoms with Crippen LogP contribution in [0.1, 0.15) is 34.7 Å². The van der Waals surface area contributed by atoms with Gasteiger partial charge in [-0.05, 0) is 54.3 Å². The van der Waals surface area contributed by atoms with E-state index in [9.17, 15) is 26.3 Å². The van der Waals surface area contributed by atoms with E-state index in [1.54, 1.807) is 14.2 Å². The Morgan fingerprint density at radius 3 is 1.90 bits per heavy atom. The first-order valence-electron chi connectivity index (χ1n) is 12.5. The molecule has 1 saturated heterocycles. The van der Waals surface area contributed by atoms with E-state index >= 15 is 0 Å². The molecule has 0 amide bonds. The van der Waals surface area contributed by atoms with Gasteiger partial charge in [-0.1, -0.05) is 30.3 Å². The standard InChI is InChI=1S/C29H30F6N2O2/c1-38-24-9-11-26(27(19-24)39-2)37-14-12-36(13-15-37)25(21-6-4-3-5-7-21)10-8-20-16-22(28(30,31)32)18-23(17-20)29(33,34)35/h3-7,9,11,16-19,25H,8,10,12-15H2,1-2H3. The van der Waals surface area contributed by atoms with E-state index in [1.165, 1.54) is 0 Å². The van der Waals surface area contributed by atoms with Crippen molar-refractivity contribution in [3.05, 3.63) is 89.0 Å². The topological polar surface area (TPSA) is 24.9 Å². The number of benzene rings is 3. The third-order valence-electron chi connectivity index (χ3n) is 7.02.